The summed E-state index contributed by atoms with van der Waals surface area (Å²) in [6.07, 6.45) is -3.69. The number of benzene rings is 1. The Bertz CT molecular complexity index is 1150. The lowest BCUT2D eigenvalue weighted by Crippen LogP contribution is -2.44. The Balaban J connectivity index is 1.68. The van der Waals surface area contributed by atoms with Crippen molar-refractivity contribution in [2.75, 3.05) is 37.7 Å². The predicted octanol–water partition coefficient (Wildman–Crippen LogP) is 1.16. The first-order valence-electron chi connectivity index (χ1n) is 10.0. The van der Waals surface area contributed by atoms with Gasteiger partial charge in [-0.1, -0.05) is 30.3 Å². The minimum Gasteiger partial charge on any atom is -0.457 e. The number of anilines is 1. The zero-order valence-electron chi connectivity index (χ0n) is 17.0. The molecule has 1 aliphatic rings. The van der Waals surface area contributed by atoms with E-state index in [0.717, 1.165) is 23.3 Å². The maximum atomic E-state index is 13.2. The Kier molecular flexibility index (Phi) is 6.12. The molecule has 0 spiro atoms. The normalized spacial score (nSPS) is 14.7. The Morgan fingerprint density at radius 1 is 1.16 bits per heavy atom. The predicted molar refractivity (Wildman–Crippen MR) is 109 cm³/mol. The number of alkyl halides is 3. The number of hydrogen-bond donors (Lipinski definition) is 1. The van der Waals surface area contributed by atoms with Gasteiger partial charge in [0.05, 0.1) is 19.3 Å². The van der Waals surface area contributed by atoms with Crippen LogP contribution in [0.5, 0.6) is 0 Å². The molecule has 3 aromatic rings. The summed E-state index contributed by atoms with van der Waals surface area (Å²) < 4.78 is 44.0. The molecule has 3 heterocycles. The monoisotopic (exact) mass is 450 g/mol. The van der Waals surface area contributed by atoms with Crippen LogP contribution in [0.2, 0.25) is 0 Å². The van der Waals surface area contributed by atoms with Crippen molar-refractivity contribution in [3.63, 3.8) is 0 Å². The molecule has 1 N–H and O–H groups in total. The number of rotatable bonds is 6. The molecule has 9 nitrogen and oxygen atoms in total. The van der Waals surface area contributed by atoms with Crippen molar-refractivity contribution in [3.8, 4) is 0 Å². The van der Waals surface area contributed by atoms with Crippen LogP contribution >= 0.6 is 0 Å². The lowest BCUT2D eigenvalue weighted by molar-refractivity contribution is -0.199. The number of carbonyl (C=O) groups is 1. The van der Waals surface area contributed by atoms with E-state index < -0.39 is 24.3 Å². The third-order valence-corrected chi connectivity index (χ3v) is 5.08. The number of esters is 1. The molecule has 1 aromatic carbocycles. The van der Waals surface area contributed by atoms with E-state index in [1.54, 1.807) is 4.57 Å². The number of aromatic nitrogens is 4. The molecule has 170 valence electrons. The molecule has 12 heteroatoms. The van der Waals surface area contributed by atoms with Gasteiger partial charge in [-0.2, -0.15) is 18.3 Å². The van der Waals surface area contributed by atoms with Crippen LogP contribution in [0, 0.1) is 0 Å². The van der Waals surface area contributed by atoms with Gasteiger partial charge in [0.25, 0.3) is 5.56 Å². The SMILES string of the molecule is O=C(OCCn1ncc2nc(N3CCNCC3)n(Cc3ccccc3)c2c1=O)C(F)(F)F. The molecule has 2 aromatic heterocycles. The molecular formula is C20H21F3N6O3. The van der Waals surface area contributed by atoms with E-state index in [1.165, 1.54) is 6.20 Å². The van der Waals surface area contributed by atoms with Crippen molar-refractivity contribution in [2.24, 2.45) is 0 Å². The molecule has 0 amide bonds. The van der Waals surface area contributed by atoms with Gasteiger partial charge < -0.3 is 19.5 Å². The first-order chi connectivity index (χ1) is 15.3. The molecule has 1 saturated heterocycles. The van der Waals surface area contributed by atoms with Crippen molar-refractivity contribution >= 4 is 23.0 Å². The summed E-state index contributed by atoms with van der Waals surface area (Å²) in [5, 5.41) is 7.27. The molecular weight excluding hydrogens is 429 g/mol. The largest absolute Gasteiger partial charge is 0.490 e. The van der Waals surface area contributed by atoms with E-state index in [2.05, 4.69) is 25.0 Å². The van der Waals surface area contributed by atoms with Gasteiger partial charge in [-0.3, -0.25) is 4.79 Å². The van der Waals surface area contributed by atoms with E-state index in [-0.39, 0.29) is 6.54 Å². The second-order valence-electron chi connectivity index (χ2n) is 7.26. The fourth-order valence-electron chi connectivity index (χ4n) is 3.56. The summed E-state index contributed by atoms with van der Waals surface area (Å²) in [6, 6.07) is 9.56. The summed E-state index contributed by atoms with van der Waals surface area (Å²) in [6.45, 7) is 2.44. The van der Waals surface area contributed by atoms with Gasteiger partial charge in [-0.05, 0) is 5.56 Å². The maximum absolute atomic E-state index is 13.2. The minimum atomic E-state index is -5.09. The average Bonchev–Trinajstić information content (AvgIpc) is 3.15. The van der Waals surface area contributed by atoms with Crippen molar-refractivity contribution in [3.05, 3.63) is 52.4 Å². The Morgan fingerprint density at radius 2 is 1.88 bits per heavy atom. The number of imidazole rings is 1. The van der Waals surface area contributed by atoms with Crippen molar-refractivity contribution in [2.45, 2.75) is 19.3 Å². The van der Waals surface area contributed by atoms with E-state index in [1.807, 2.05) is 30.3 Å². The number of nitrogens with one attached hydrogen (secondary N) is 1. The summed E-state index contributed by atoms with van der Waals surface area (Å²) in [5.41, 5.74) is 1.13. The first kappa shape index (κ1) is 21.8. The molecule has 0 unspecified atom stereocenters. The van der Waals surface area contributed by atoms with Gasteiger partial charge in [0.2, 0.25) is 5.95 Å². The van der Waals surface area contributed by atoms with Crippen LogP contribution in [0.3, 0.4) is 0 Å². The summed E-state index contributed by atoms with van der Waals surface area (Å²) in [5.74, 6) is -1.67. The number of hydrogen-bond acceptors (Lipinski definition) is 7. The fourth-order valence-corrected chi connectivity index (χ4v) is 3.56. The number of nitrogens with zero attached hydrogens (tertiary/aromatic N) is 5. The first-order valence-corrected chi connectivity index (χ1v) is 10.0. The minimum absolute atomic E-state index is 0.291. The molecule has 0 saturated carbocycles. The highest BCUT2D eigenvalue weighted by atomic mass is 19.4. The zero-order valence-corrected chi connectivity index (χ0v) is 17.0. The van der Waals surface area contributed by atoms with Gasteiger partial charge in [0.15, 0.2) is 0 Å². The number of halogens is 3. The Hall–Kier alpha value is -3.41. The third-order valence-electron chi connectivity index (χ3n) is 5.08. The van der Waals surface area contributed by atoms with Gasteiger partial charge in [0, 0.05) is 26.2 Å². The van der Waals surface area contributed by atoms with Crippen LogP contribution in [0.1, 0.15) is 5.56 Å². The Labute approximate surface area is 180 Å². The highest BCUT2D eigenvalue weighted by Gasteiger charge is 2.40. The van der Waals surface area contributed by atoms with Crippen LogP contribution in [0.15, 0.2) is 41.3 Å². The van der Waals surface area contributed by atoms with Gasteiger partial charge >= 0.3 is 12.1 Å². The summed E-state index contributed by atoms with van der Waals surface area (Å²) in [7, 11) is 0. The van der Waals surface area contributed by atoms with E-state index in [4.69, 9.17) is 0 Å². The average molecular weight is 450 g/mol. The second-order valence-corrected chi connectivity index (χ2v) is 7.26. The molecule has 0 atom stereocenters. The van der Waals surface area contributed by atoms with Crippen LogP contribution in [0.4, 0.5) is 19.1 Å². The quantitative estimate of drug-likeness (QED) is 0.563. The van der Waals surface area contributed by atoms with E-state index in [0.29, 0.717) is 36.6 Å². The molecule has 1 fully saturated rings. The Morgan fingerprint density at radius 3 is 2.56 bits per heavy atom. The number of ether oxygens (including phenoxy) is 1. The van der Waals surface area contributed by atoms with Gasteiger partial charge in [0.1, 0.15) is 17.6 Å². The lowest BCUT2D eigenvalue weighted by Gasteiger charge is -2.28. The number of carbonyl (C=O) groups excluding carboxylic acids is 1. The smallest absolute Gasteiger partial charge is 0.457 e. The van der Waals surface area contributed by atoms with Crippen molar-refractivity contribution in [1.82, 2.24) is 24.6 Å². The summed E-state index contributed by atoms with van der Waals surface area (Å²) >= 11 is 0. The van der Waals surface area contributed by atoms with E-state index >= 15 is 0 Å². The molecule has 0 radical (unpaired) electrons. The van der Waals surface area contributed by atoms with Crippen molar-refractivity contribution < 1.29 is 22.7 Å². The van der Waals surface area contributed by atoms with Crippen LogP contribution in [-0.2, 0) is 22.6 Å². The maximum Gasteiger partial charge on any atom is 0.490 e. The van der Waals surface area contributed by atoms with E-state index in [9.17, 15) is 22.8 Å². The summed E-state index contributed by atoms with van der Waals surface area (Å²) in [4.78, 5) is 30.8. The van der Waals surface area contributed by atoms with Crippen LogP contribution in [-0.4, -0.2) is 64.3 Å². The van der Waals surface area contributed by atoms with Gasteiger partial charge in [-0.15, -0.1) is 0 Å². The number of fused-ring (bicyclic) bond motifs is 1. The fraction of sp³-hybridized carbons (Fsp3) is 0.400. The molecule has 32 heavy (non-hydrogen) atoms. The second kappa shape index (κ2) is 8.99. The zero-order chi connectivity index (χ0) is 22.7. The molecule has 0 aliphatic carbocycles. The third kappa shape index (κ3) is 4.59. The topological polar surface area (TPSA) is 94.3 Å². The molecule has 0 bridgehead atoms. The molecule has 4 rings (SSSR count). The highest BCUT2D eigenvalue weighted by Crippen LogP contribution is 2.22. The highest BCUT2D eigenvalue weighted by molar-refractivity contribution is 5.77. The standard InChI is InChI=1S/C20H21F3N6O3/c21-20(22,23)18(31)32-11-10-29-17(30)16-15(12-25-29)26-19(27-8-6-24-7-9-27)28(16)13-14-4-2-1-3-5-14/h1-5,12,24H,6-11,13H2. The van der Waals surface area contributed by atoms with Crippen LogP contribution < -0.4 is 15.8 Å². The van der Waals surface area contributed by atoms with Crippen molar-refractivity contribution in [1.29, 1.82) is 0 Å². The lowest BCUT2D eigenvalue weighted by atomic mass is 10.2. The number of piperazine rings is 1. The molecule has 1 aliphatic heterocycles. The van der Waals surface area contributed by atoms with Crippen LogP contribution in [0.25, 0.3) is 11.0 Å². The van der Waals surface area contributed by atoms with Gasteiger partial charge in [-0.25, -0.2) is 14.5 Å².